The summed E-state index contributed by atoms with van der Waals surface area (Å²) in [7, 11) is -3.54. The van der Waals surface area contributed by atoms with Crippen LogP contribution in [0.4, 0.5) is 0 Å². The zero-order valence-corrected chi connectivity index (χ0v) is 11.4. The van der Waals surface area contributed by atoms with Crippen molar-refractivity contribution in [3.8, 4) is 0 Å². The van der Waals surface area contributed by atoms with Gasteiger partial charge in [0.1, 0.15) is 10.0 Å². The van der Waals surface area contributed by atoms with Crippen molar-refractivity contribution < 1.29 is 8.42 Å². The van der Waals surface area contributed by atoms with E-state index in [-0.39, 0.29) is 15.6 Å². The summed E-state index contributed by atoms with van der Waals surface area (Å²) in [4.78, 5) is 3.92. The lowest BCUT2D eigenvalue weighted by Crippen LogP contribution is -2.42. The Labute approximate surface area is 107 Å². The molecule has 0 atom stereocenters. The minimum Gasteiger partial charge on any atom is -0.243 e. The fourth-order valence-electron chi connectivity index (χ4n) is 2.21. The molecule has 0 amide bonds. The first-order chi connectivity index (χ1) is 7.86. The van der Waals surface area contributed by atoms with Gasteiger partial charge in [-0.05, 0) is 38.8 Å². The molecule has 0 aromatic carbocycles. The third-order valence-electron chi connectivity index (χ3n) is 3.12. The smallest absolute Gasteiger partial charge is 0.243 e. The minimum absolute atomic E-state index is 0.0372. The summed E-state index contributed by atoms with van der Waals surface area (Å²) in [5, 5.41) is 0.0372. The molecule has 0 radical (unpaired) electrons. The highest BCUT2D eigenvalue weighted by molar-refractivity contribution is 7.89. The van der Waals surface area contributed by atoms with Gasteiger partial charge in [0.05, 0.1) is 0 Å². The highest BCUT2D eigenvalue weighted by Gasteiger charge is 2.41. The van der Waals surface area contributed by atoms with Gasteiger partial charge >= 0.3 is 0 Å². The second-order valence-electron chi connectivity index (χ2n) is 4.79. The number of rotatable bonds is 2. The molecule has 6 heteroatoms. The van der Waals surface area contributed by atoms with Crippen LogP contribution in [0.1, 0.15) is 26.7 Å². The maximum absolute atomic E-state index is 12.5. The number of nitrogens with zero attached hydrogens (tertiary/aromatic N) is 2. The molecule has 0 saturated carbocycles. The van der Waals surface area contributed by atoms with E-state index in [0.29, 0.717) is 6.54 Å². The maximum Gasteiger partial charge on any atom is 0.246 e. The van der Waals surface area contributed by atoms with E-state index in [2.05, 4.69) is 4.98 Å². The molecule has 2 rings (SSSR count). The van der Waals surface area contributed by atoms with Gasteiger partial charge in [-0.15, -0.1) is 0 Å². The third kappa shape index (κ3) is 2.19. The summed E-state index contributed by atoms with van der Waals surface area (Å²) >= 11 is 5.86. The Balaban J connectivity index is 2.48. The van der Waals surface area contributed by atoms with Crippen LogP contribution in [0.25, 0.3) is 0 Å². The molecule has 0 bridgehead atoms. The molecule has 2 heterocycles. The number of hydrogen-bond acceptors (Lipinski definition) is 3. The van der Waals surface area contributed by atoms with E-state index in [1.54, 1.807) is 6.07 Å². The first-order valence-corrected chi connectivity index (χ1v) is 7.31. The van der Waals surface area contributed by atoms with E-state index in [1.807, 2.05) is 13.8 Å². The van der Waals surface area contributed by atoms with Crippen LogP contribution in [0.3, 0.4) is 0 Å². The van der Waals surface area contributed by atoms with Crippen molar-refractivity contribution in [2.45, 2.75) is 37.1 Å². The number of pyridine rings is 1. The average Bonchev–Trinajstić information content (AvgIpc) is 2.59. The van der Waals surface area contributed by atoms with Crippen LogP contribution in [0.2, 0.25) is 5.15 Å². The Morgan fingerprint density at radius 2 is 2.18 bits per heavy atom. The molecule has 1 aliphatic rings. The van der Waals surface area contributed by atoms with Gasteiger partial charge in [0, 0.05) is 18.3 Å². The van der Waals surface area contributed by atoms with Crippen molar-refractivity contribution in [2.24, 2.45) is 0 Å². The Kier molecular flexibility index (Phi) is 3.18. The highest BCUT2D eigenvalue weighted by atomic mass is 35.5. The van der Waals surface area contributed by atoms with Gasteiger partial charge in [-0.25, -0.2) is 13.4 Å². The standard InChI is InChI=1S/C11H15ClN2O2S/c1-11(2)6-4-8-14(11)17(15,16)9-5-3-7-13-10(9)12/h3,5,7H,4,6,8H2,1-2H3. The van der Waals surface area contributed by atoms with Crippen LogP contribution in [0, 0.1) is 0 Å². The fraction of sp³-hybridized carbons (Fsp3) is 0.545. The molecule has 17 heavy (non-hydrogen) atoms. The van der Waals surface area contributed by atoms with Crippen molar-refractivity contribution in [3.63, 3.8) is 0 Å². The van der Waals surface area contributed by atoms with E-state index in [0.717, 1.165) is 12.8 Å². The first kappa shape index (κ1) is 12.8. The lowest BCUT2D eigenvalue weighted by atomic mass is 10.0. The second kappa shape index (κ2) is 4.23. The monoisotopic (exact) mass is 274 g/mol. The SMILES string of the molecule is CC1(C)CCCN1S(=O)(=O)c1cccnc1Cl. The molecule has 0 N–H and O–H groups in total. The largest absolute Gasteiger partial charge is 0.246 e. The van der Waals surface area contributed by atoms with Crippen LogP contribution in [-0.2, 0) is 10.0 Å². The molecular formula is C11H15ClN2O2S. The molecule has 0 aliphatic carbocycles. The number of hydrogen-bond donors (Lipinski definition) is 0. The predicted molar refractivity (Wildman–Crippen MR) is 66.5 cm³/mol. The molecule has 0 spiro atoms. The van der Waals surface area contributed by atoms with Gasteiger partial charge < -0.3 is 0 Å². The van der Waals surface area contributed by atoms with Gasteiger partial charge in [0.15, 0.2) is 0 Å². The van der Waals surface area contributed by atoms with Crippen LogP contribution < -0.4 is 0 Å². The summed E-state index contributed by atoms with van der Waals surface area (Å²) in [6, 6.07) is 3.08. The molecule has 1 aromatic rings. The molecular weight excluding hydrogens is 260 g/mol. The summed E-state index contributed by atoms with van der Waals surface area (Å²) < 4.78 is 26.5. The first-order valence-electron chi connectivity index (χ1n) is 5.49. The van der Waals surface area contributed by atoms with Crippen molar-refractivity contribution in [2.75, 3.05) is 6.54 Å². The van der Waals surface area contributed by atoms with Gasteiger partial charge in [0.2, 0.25) is 10.0 Å². The Morgan fingerprint density at radius 1 is 1.47 bits per heavy atom. The summed E-state index contributed by atoms with van der Waals surface area (Å²) in [5.74, 6) is 0. The fourth-order valence-corrected chi connectivity index (χ4v) is 4.49. The summed E-state index contributed by atoms with van der Waals surface area (Å²) in [6.07, 6.45) is 3.23. The highest BCUT2D eigenvalue weighted by Crippen LogP contribution is 2.35. The lowest BCUT2D eigenvalue weighted by molar-refractivity contribution is 0.291. The normalized spacial score (nSPS) is 20.6. The van der Waals surface area contributed by atoms with Crippen molar-refractivity contribution in [1.82, 2.24) is 9.29 Å². The van der Waals surface area contributed by atoms with Crippen LogP contribution in [-0.4, -0.2) is 29.8 Å². The maximum atomic E-state index is 12.5. The van der Waals surface area contributed by atoms with E-state index < -0.39 is 10.0 Å². The van der Waals surface area contributed by atoms with Gasteiger partial charge in [-0.1, -0.05) is 11.6 Å². The second-order valence-corrected chi connectivity index (χ2v) is 6.97. The molecule has 1 fully saturated rings. The van der Waals surface area contributed by atoms with Gasteiger partial charge in [-0.2, -0.15) is 4.31 Å². The van der Waals surface area contributed by atoms with E-state index >= 15 is 0 Å². The van der Waals surface area contributed by atoms with Gasteiger partial charge in [0.25, 0.3) is 0 Å². The van der Waals surface area contributed by atoms with E-state index in [4.69, 9.17) is 11.6 Å². The molecule has 0 unspecified atom stereocenters. The molecule has 1 saturated heterocycles. The Bertz CT molecular complexity index is 528. The zero-order chi connectivity index (χ0) is 12.7. The van der Waals surface area contributed by atoms with Crippen LogP contribution >= 0.6 is 11.6 Å². The van der Waals surface area contributed by atoms with Crippen LogP contribution in [0.5, 0.6) is 0 Å². The Hall–Kier alpha value is -0.650. The van der Waals surface area contributed by atoms with Crippen molar-refractivity contribution >= 4 is 21.6 Å². The summed E-state index contributed by atoms with van der Waals surface area (Å²) in [5.41, 5.74) is -0.349. The van der Waals surface area contributed by atoms with Crippen molar-refractivity contribution in [3.05, 3.63) is 23.5 Å². The minimum atomic E-state index is -3.54. The molecule has 1 aliphatic heterocycles. The number of sulfonamides is 1. The topological polar surface area (TPSA) is 50.3 Å². The van der Waals surface area contributed by atoms with Gasteiger partial charge in [-0.3, -0.25) is 0 Å². The van der Waals surface area contributed by atoms with E-state index in [9.17, 15) is 8.42 Å². The predicted octanol–water partition coefficient (Wildman–Crippen LogP) is 2.30. The number of halogens is 1. The molecule has 1 aromatic heterocycles. The number of aromatic nitrogens is 1. The lowest BCUT2D eigenvalue weighted by Gasteiger charge is -2.30. The quantitative estimate of drug-likeness (QED) is 0.778. The third-order valence-corrected chi connectivity index (χ3v) is 5.67. The summed E-state index contributed by atoms with van der Waals surface area (Å²) in [6.45, 7) is 4.41. The van der Waals surface area contributed by atoms with E-state index in [1.165, 1.54) is 16.6 Å². The Morgan fingerprint density at radius 3 is 2.71 bits per heavy atom. The molecule has 4 nitrogen and oxygen atoms in total. The zero-order valence-electron chi connectivity index (χ0n) is 9.85. The molecule has 94 valence electrons. The van der Waals surface area contributed by atoms with Crippen molar-refractivity contribution in [1.29, 1.82) is 0 Å². The van der Waals surface area contributed by atoms with Crippen LogP contribution in [0.15, 0.2) is 23.2 Å². The average molecular weight is 275 g/mol.